The van der Waals surface area contributed by atoms with Crippen LogP contribution in [0, 0.1) is 20.2 Å². The quantitative estimate of drug-likeness (QED) is 0.0439. The molecule has 1 heterocycles. The fourth-order valence-electron chi connectivity index (χ4n) is 6.31. The summed E-state index contributed by atoms with van der Waals surface area (Å²) in [6, 6.07) is 42.9. The van der Waals surface area contributed by atoms with E-state index >= 15 is 0 Å². The number of nitro benzene ring substituents is 2. The summed E-state index contributed by atoms with van der Waals surface area (Å²) in [6.07, 6.45) is -3.14. The van der Waals surface area contributed by atoms with Gasteiger partial charge in [-0.2, -0.15) is 0 Å². The zero-order valence-electron chi connectivity index (χ0n) is 30.8. The summed E-state index contributed by atoms with van der Waals surface area (Å²) in [5.41, 5.74) is 3.35. The molecular weight excluding hydrogens is 718 g/mol. The first-order valence-electron chi connectivity index (χ1n) is 18.5. The minimum Gasteiger partial charge on any atom is -0.379 e. The summed E-state index contributed by atoms with van der Waals surface area (Å²) in [5, 5.41) is 25.9. The van der Waals surface area contributed by atoms with E-state index in [1.807, 2.05) is 121 Å². The van der Waals surface area contributed by atoms with Crippen molar-refractivity contribution < 1.29 is 38.3 Å². The second kappa shape index (κ2) is 20.9. The average molecular weight is 764 g/mol. The lowest BCUT2D eigenvalue weighted by atomic mass is 9.97. The highest BCUT2D eigenvalue weighted by molar-refractivity contribution is 5.65. The number of hydrogen-bond acceptors (Lipinski definition) is 11. The minimum atomic E-state index is -0.907. The Labute approximate surface area is 325 Å². The van der Waals surface area contributed by atoms with Crippen molar-refractivity contribution in [3.8, 4) is 0 Å². The third kappa shape index (κ3) is 11.7. The molecule has 1 saturated heterocycles. The van der Waals surface area contributed by atoms with Gasteiger partial charge in [-0.1, -0.05) is 121 Å². The van der Waals surface area contributed by atoms with Gasteiger partial charge in [-0.05, 0) is 34.7 Å². The lowest BCUT2D eigenvalue weighted by Gasteiger charge is -2.46. The normalized spacial score (nSPS) is 19.3. The van der Waals surface area contributed by atoms with Gasteiger partial charge in [0, 0.05) is 12.6 Å². The van der Waals surface area contributed by atoms with Crippen molar-refractivity contribution in [3.63, 3.8) is 0 Å². The largest absolute Gasteiger partial charge is 0.379 e. The fraction of sp³-hybridized carbons (Fsp3) is 0.302. The Kier molecular flexibility index (Phi) is 15.0. The Morgan fingerprint density at radius 2 is 1.07 bits per heavy atom. The number of benzene rings is 5. The van der Waals surface area contributed by atoms with Crippen LogP contribution in [-0.4, -0.2) is 60.3 Å². The molecule has 5 atom stereocenters. The Morgan fingerprint density at radius 3 is 1.59 bits per heavy atom. The molecule has 13 heteroatoms. The molecule has 0 amide bonds. The van der Waals surface area contributed by atoms with E-state index in [0.717, 1.165) is 28.3 Å². The van der Waals surface area contributed by atoms with E-state index in [4.69, 9.17) is 28.4 Å². The smallest absolute Gasteiger partial charge is 0.299 e. The van der Waals surface area contributed by atoms with Gasteiger partial charge >= 0.3 is 0 Å². The molecule has 0 aliphatic carbocycles. The summed E-state index contributed by atoms with van der Waals surface area (Å²) >= 11 is 0. The van der Waals surface area contributed by atoms with Gasteiger partial charge in [-0.15, -0.1) is 0 Å². The number of hydrogen-bond donors (Lipinski definition) is 1. The van der Waals surface area contributed by atoms with E-state index in [0.29, 0.717) is 19.6 Å². The van der Waals surface area contributed by atoms with Gasteiger partial charge in [0.1, 0.15) is 30.1 Å². The molecule has 0 radical (unpaired) electrons. The highest BCUT2D eigenvalue weighted by atomic mass is 16.7. The van der Waals surface area contributed by atoms with Gasteiger partial charge in [0.15, 0.2) is 6.29 Å². The van der Waals surface area contributed by atoms with Gasteiger partial charge in [0.05, 0.1) is 55.6 Å². The van der Waals surface area contributed by atoms with Crippen LogP contribution in [-0.2, 0) is 54.8 Å². The standard InChI is InChI=1S/C43H45N3O10/c47-45(48)36-22-23-37(38(26-36)46(49)50)44-24-13-25-52-43-42(55-30-35-20-11-4-12-21-35)41(54-29-34-18-9-3-10-19-34)40(53-28-33-16-7-2-8-17-33)39(56-43)31-51-27-32-14-5-1-6-15-32/h1-12,14-23,26,39-44H,13,24-25,27-31H2/t39-,40-,41+,42-,43-/m1/s1. The van der Waals surface area contributed by atoms with Crippen LogP contribution in [0.1, 0.15) is 28.7 Å². The van der Waals surface area contributed by atoms with Crippen LogP contribution in [0.5, 0.6) is 0 Å². The van der Waals surface area contributed by atoms with E-state index < -0.39 is 40.6 Å². The first-order valence-corrected chi connectivity index (χ1v) is 18.5. The molecule has 0 saturated carbocycles. The molecular formula is C43H45N3O10. The number of ether oxygens (including phenoxy) is 6. The molecule has 56 heavy (non-hydrogen) atoms. The number of rotatable bonds is 21. The van der Waals surface area contributed by atoms with Crippen molar-refractivity contribution in [2.45, 2.75) is 63.6 Å². The molecule has 0 unspecified atom stereocenters. The van der Waals surface area contributed by atoms with Crippen LogP contribution in [0.2, 0.25) is 0 Å². The zero-order valence-corrected chi connectivity index (χ0v) is 30.8. The number of nitro groups is 2. The summed E-state index contributed by atoms with van der Waals surface area (Å²) in [7, 11) is 0. The Bertz CT molecular complexity index is 1940. The minimum absolute atomic E-state index is 0.169. The molecule has 292 valence electrons. The molecule has 1 aliphatic heterocycles. The molecule has 5 aromatic carbocycles. The Balaban J connectivity index is 1.23. The molecule has 1 fully saturated rings. The van der Waals surface area contributed by atoms with Crippen LogP contribution in [0.3, 0.4) is 0 Å². The SMILES string of the molecule is O=[N+]([O-])c1ccc(NCCCO[C@@H]2O[C@H](COCc3ccccc3)[C@@H](OCc3ccccc3)[C@H](OCc3ccccc3)[C@H]2OCc2ccccc2)c([N+](=O)[O-])c1. The number of nitrogens with zero attached hydrogens (tertiary/aromatic N) is 2. The maximum Gasteiger partial charge on any atom is 0.299 e. The number of anilines is 1. The summed E-state index contributed by atoms with van der Waals surface area (Å²) in [5.74, 6) is 0. The van der Waals surface area contributed by atoms with Crippen molar-refractivity contribution in [1.82, 2.24) is 0 Å². The maximum atomic E-state index is 11.7. The summed E-state index contributed by atoms with van der Waals surface area (Å²) < 4.78 is 39.5. The van der Waals surface area contributed by atoms with Gasteiger partial charge in [0.2, 0.25) is 0 Å². The molecule has 6 rings (SSSR count). The zero-order chi connectivity index (χ0) is 39.0. The topological polar surface area (TPSA) is 154 Å². The van der Waals surface area contributed by atoms with Gasteiger partial charge in [0.25, 0.3) is 11.4 Å². The molecule has 1 aliphatic rings. The first-order chi connectivity index (χ1) is 27.4. The second-order valence-electron chi connectivity index (χ2n) is 13.2. The monoisotopic (exact) mass is 763 g/mol. The third-order valence-electron chi connectivity index (χ3n) is 9.15. The Morgan fingerprint density at radius 1 is 0.571 bits per heavy atom. The van der Waals surface area contributed by atoms with Crippen molar-refractivity contribution in [2.24, 2.45) is 0 Å². The number of nitrogens with one attached hydrogen (secondary N) is 1. The van der Waals surface area contributed by atoms with E-state index in [1.165, 1.54) is 12.1 Å². The number of non-ortho nitro benzene ring substituents is 1. The first kappa shape index (κ1) is 40.1. The fourth-order valence-corrected chi connectivity index (χ4v) is 6.31. The van der Waals surface area contributed by atoms with Gasteiger partial charge < -0.3 is 33.7 Å². The van der Waals surface area contributed by atoms with Gasteiger partial charge in [-0.25, -0.2) is 0 Å². The van der Waals surface area contributed by atoms with E-state index in [9.17, 15) is 20.2 Å². The maximum absolute atomic E-state index is 11.7. The lowest BCUT2D eigenvalue weighted by Crippen LogP contribution is -2.61. The van der Waals surface area contributed by atoms with Crippen LogP contribution in [0.15, 0.2) is 140 Å². The van der Waals surface area contributed by atoms with Crippen molar-refractivity contribution in [2.75, 3.05) is 25.1 Å². The highest BCUT2D eigenvalue weighted by Crippen LogP contribution is 2.32. The molecule has 0 aromatic heterocycles. The van der Waals surface area contributed by atoms with Crippen LogP contribution in [0.25, 0.3) is 0 Å². The van der Waals surface area contributed by atoms with Crippen molar-refractivity contribution in [3.05, 3.63) is 182 Å². The van der Waals surface area contributed by atoms with Crippen LogP contribution in [0.4, 0.5) is 17.1 Å². The second-order valence-corrected chi connectivity index (χ2v) is 13.2. The highest BCUT2D eigenvalue weighted by Gasteiger charge is 2.49. The third-order valence-corrected chi connectivity index (χ3v) is 9.15. The lowest BCUT2D eigenvalue weighted by molar-refractivity contribution is -0.393. The molecule has 0 spiro atoms. The predicted molar refractivity (Wildman–Crippen MR) is 209 cm³/mol. The molecule has 5 aromatic rings. The van der Waals surface area contributed by atoms with Gasteiger partial charge in [-0.3, -0.25) is 20.2 Å². The van der Waals surface area contributed by atoms with Crippen LogP contribution >= 0.6 is 0 Å². The Hall–Kier alpha value is -5.54. The van der Waals surface area contributed by atoms with E-state index in [-0.39, 0.29) is 50.0 Å². The summed E-state index contributed by atoms with van der Waals surface area (Å²) in [6.45, 7) is 1.84. The average Bonchev–Trinajstić information content (AvgIpc) is 3.23. The molecule has 0 bridgehead atoms. The van der Waals surface area contributed by atoms with Crippen molar-refractivity contribution in [1.29, 1.82) is 0 Å². The molecule has 1 N–H and O–H groups in total. The summed E-state index contributed by atoms with van der Waals surface area (Å²) in [4.78, 5) is 21.5. The predicted octanol–water partition coefficient (Wildman–Crippen LogP) is 8.02. The van der Waals surface area contributed by atoms with Crippen molar-refractivity contribution >= 4 is 17.1 Å². The van der Waals surface area contributed by atoms with Crippen LogP contribution < -0.4 is 5.32 Å². The molecule has 13 nitrogen and oxygen atoms in total. The van der Waals surface area contributed by atoms with E-state index in [2.05, 4.69) is 5.32 Å². The van der Waals surface area contributed by atoms with E-state index in [1.54, 1.807) is 0 Å².